The van der Waals surface area contributed by atoms with Gasteiger partial charge in [0.2, 0.25) is 0 Å². The minimum atomic E-state index is -0.672. The largest absolute Gasteiger partial charge is 0.508 e. The number of phenols is 2. The molecule has 148 valence electrons. The molecule has 0 unspecified atom stereocenters. The van der Waals surface area contributed by atoms with Crippen molar-refractivity contribution in [2.45, 2.75) is 6.61 Å². The summed E-state index contributed by atoms with van der Waals surface area (Å²) >= 11 is 9.45. The number of hydrazone groups is 1. The fourth-order valence-electron chi connectivity index (χ4n) is 2.42. The Morgan fingerprint density at radius 2 is 1.86 bits per heavy atom. The van der Waals surface area contributed by atoms with E-state index in [4.69, 9.17) is 16.3 Å². The van der Waals surface area contributed by atoms with Gasteiger partial charge < -0.3 is 14.9 Å². The van der Waals surface area contributed by atoms with Crippen LogP contribution in [-0.2, 0) is 6.61 Å². The number of benzene rings is 3. The van der Waals surface area contributed by atoms with Crippen LogP contribution < -0.4 is 10.2 Å². The molecule has 0 aliphatic carbocycles. The first kappa shape index (κ1) is 20.7. The highest BCUT2D eigenvalue weighted by Gasteiger charge is 2.11. The number of nitrogens with one attached hydrogen (secondary N) is 1. The van der Waals surface area contributed by atoms with Crippen molar-refractivity contribution in [1.29, 1.82) is 0 Å². The summed E-state index contributed by atoms with van der Waals surface area (Å²) in [5.41, 5.74) is 3.75. The van der Waals surface area contributed by atoms with Gasteiger partial charge in [0, 0.05) is 15.1 Å². The SMILES string of the molecule is O=C(NN=Cc1cc(Cl)ccc1OCc1ccc(Br)cc1)c1cc(O)ccc1O. The second-order valence-corrected chi connectivity index (χ2v) is 7.35. The van der Waals surface area contributed by atoms with Crippen molar-refractivity contribution in [3.8, 4) is 17.2 Å². The van der Waals surface area contributed by atoms with E-state index in [1.165, 1.54) is 18.3 Å². The fourth-order valence-corrected chi connectivity index (χ4v) is 2.86. The zero-order chi connectivity index (χ0) is 20.8. The molecule has 0 bridgehead atoms. The van der Waals surface area contributed by atoms with Crippen LogP contribution in [0.4, 0.5) is 0 Å². The lowest BCUT2D eigenvalue weighted by Crippen LogP contribution is -2.17. The normalized spacial score (nSPS) is 10.8. The molecule has 0 radical (unpaired) electrons. The molecule has 0 saturated carbocycles. The lowest BCUT2D eigenvalue weighted by atomic mass is 10.2. The quantitative estimate of drug-likeness (QED) is 0.270. The smallest absolute Gasteiger partial charge is 0.275 e. The van der Waals surface area contributed by atoms with E-state index in [1.807, 2.05) is 24.3 Å². The van der Waals surface area contributed by atoms with E-state index in [2.05, 4.69) is 26.5 Å². The average Bonchev–Trinajstić information content (AvgIpc) is 2.70. The van der Waals surface area contributed by atoms with E-state index < -0.39 is 5.91 Å². The Kier molecular flexibility index (Phi) is 6.74. The Balaban J connectivity index is 1.71. The summed E-state index contributed by atoms with van der Waals surface area (Å²) in [5.74, 6) is -0.545. The fraction of sp³-hybridized carbons (Fsp3) is 0.0476. The third-order valence-electron chi connectivity index (χ3n) is 3.87. The van der Waals surface area contributed by atoms with Crippen LogP contribution in [0.5, 0.6) is 17.2 Å². The van der Waals surface area contributed by atoms with Gasteiger partial charge in [0.15, 0.2) is 0 Å². The highest BCUT2D eigenvalue weighted by Crippen LogP contribution is 2.24. The van der Waals surface area contributed by atoms with Crippen LogP contribution in [0.25, 0.3) is 0 Å². The average molecular weight is 476 g/mol. The molecule has 8 heteroatoms. The molecule has 3 N–H and O–H groups in total. The number of ether oxygens (including phenoxy) is 1. The number of hydrogen-bond donors (Lipinski definition) is 3. The molecule has 0 saturated heterocycles. The van der Waals surface area contributed by atoms with Gasteiger partial charge in [0.1, 0.15) is 23.9 Å². The van der Waals surface area contributed by atoms with Crippen LogP contribution in [0.2, 0.25) is 5.02 Å². The number of phenolic OH excluding ortho intramolecular Hbond substituents is 2. The first-order valence-electron chi connectivity index (χ1n) is 8.44. The predicted octanol–water partition coefficient (Wildman–Crippen LogP) is 4.86. The zero-order valence-electron chi connectivity index (χ0n) is 15.0. The Bertz CT molecular complexity index is 1060. The summed E-state index contributed by atoms with van der Waals surface area (Å²) in [5, 5.41) is 23.6. The Labute approximate surface area is 180 Å². The number of aromatic hydroxyl groups is 2. The molecule has 0 aromatic heterocycles. The molecule has 0 aliphatic heterocycles. The number of hydrogen-bond acceptors (Lipinski definition) is 5. The molecule has 0 atom stereocenters. The van der Waals surface area contributed by atoms with Crippen molar-refractivity contribution in [2.75, 3.05) is 0 Å². The summed E-state index contributed by atoms with van der Waals surface area (Å²) in [4.78, 5) is 12.1. The topological polar surface area (TPSA) is 91.2 Å². The zero-order valence-corrected chi connectivity index (χ0v) is 17.3. The Hall–Kier alpha value is -3.03. The third-order valence-corrected chi connectivity index (χ3v) is 4.64. The van der Waals surface area contributed by atoms with Crippen LogP contribution in [-0.4, -0.2) is 22.3 Å². The minimum Gasteiger partial charge on any atom is -0.508 e. The van der Waals surface area contributed by atoms with E-state index in [0.29, 0.717) is 22.9 Å². The number of carbonyl (C=O) groups excluding carboxylic acids is 1. The highest BCUT2D eigenvalue weighted by atomic mass is 79.9. The van der Waals surface area contributed by atoms with Crippen LogP contribution >= 0.6 is 27.5 Å². The molecule has 0 heterocycles. The van der Waals surface area contributed by atoms with E-state index in [1.54, 1.807) is 18.2 Å². The first-order valence-corrected chi connectivity index (χ1v) is 9.61. The van der Waals surface area contributed by atoms with Crippen LogP contribution in [0, 0.1) is 0 Å². The molecular weight excluding hydrogens is 460 g/mol. The van der Waals surface area contributed by atoms with E-state index in [9.17, 15) is 15.0 Å². The maximum Gasteiger partial charge on any atom is 0.275 e. The van der Waals surface area contributed by atoms with Gasteiger partial charge in [-0.25, -0.2) is 5.43 Å². The second kappa shape index (κ2) is 9.45. The van der Waals surface area contributed by atoms with Gasteiger partial charge in [-0.3, -0.25) is 4.79 Å². The molecule has 3 rings (SSSR count). The van der Waals surface area contributed by atoms with Crippen molar-refractivity contribution in [2.24, 2.45) is 5.10 Å². The van der Waals surface area contributed by atoms with Crippen molar-refractivity contribution in [3.63, 3.8) is 0 Å². The first-order chi connectivity index (χ1) is 13.9. The summed E-state index contributed by atoms with van der Waals surface area (Å²) in [7, 11) is 0. The van der Waals surface area contributed by atoms with Crippen LogP contribution in [0.3, 0.4) is 0 Å². The molecule has 3 aromatic rings. The van der Waals surface area contributed by atoms with Gasteiger partial charge in [0.25, 0.3) is 5.91 Å². The standard InChI is InChI=1S/C21H16BrClN2O4/c22-15-3-1-13(2-4-15)12-29-20-8-5-16(23)9-14(20)11-24-25-21(28)18-10-17(26)6-7-19(18)27/h1-11,26-27H,12H2,(H,25,28). The molecule has 0 aliphatic rings. The van der Waals surface area contributed by atoms with Crippen molar-refractivity contribution < 1.29 is 19.7 Å². The van der Waals surface area contributed by atoms with Crippen molar-refractivity contribution in [3.05, 3.63) is 86.8 Å². The van der Waals surface area contributed by atoms with E-state index in [0.717, 1.165) is 16.1 Å². The maximum atomic E-state index is 12.1. The van der Waals surface area contributed by atoms with Gasteiger partial charge in [0.05, 0.1) is 11.8 Å². The van der Waals surface area contributed by atoms with Crippen LogP contribution in [0.15, 0.2) is 70.2 Å². The lowest BCUT2D eigenvalue weighted by molar-refractivity contribution is 0.0952. The van der Waals surface area contributed by atoms with Gasteiger partial charge >= 0.3 is 0 Å². The monoisotopic (exact) mass is 474 g/mol. The molecular formula is C21H16BrClN2O4. The summed E-state index contributed by atoms with van der Waals surface area (Å²) < 4.78 is 6.82. The molecule has 29 heavy (non-hydrogen) atoms. The summed E-state index contributed by atoms with van der Waals surface area (Å²) in [6.07, 6.45) is 1.39. The van der Waals surface area contributed by atoms with E-state index >= 15 is 0 Å². The number of halogens is 2. The van der Waals surface area contributed by atoms with Crippen LogP contribution in [0.1, 0.15) is 21.5 Å². The predicted molar refractivity (Wildman–Crippen MR) is 115 cm³/mol. The summed E-state index contributed by atoms with van der Waals surface area (Å²) in [6.45, 7) is 0.347. The van der Waals surface area contributed by atoms with Crippen molar-refractivity contribution >= 4 is 39.7 Å². The van der Waals surface area contributed by atoms with Gasteiger partial charge in [-0.15, -0.1) is 0 Å². The Morgan fingerprint density at radius 1 is 1.10 bits per heavy atom. The lowest BCUT2D eigenvalue weighted by Gasteiger charge is -2.10. The van der Waals surface area contributed by atoms with Gasteiger partial charge in [-0.2, -0.15) is 5.10 Å². The number of amides is 1. The minimum absolute atomic E-state index is 0.0973. The summed E-state index contributed by atoms with van der Waals surface area (Å²) in [6, 6.07) is 16.4. The molecule has 0 fully saturated rings. The third kappa shape index (κ3) is 5.73. The molecule has 6 nitrogen and oxygen atoms in total. The number of carbonyl (C=O) groups is 1. The molecule has 3 aromatic carbocycles. The number of rotatable bonds is 6. The maximum absolute atomic E-state index is 12.1. The van der Waals surface area contributed by atoms with Crippen molar-refractivity contribution in [1.82, 2.24) is 5.43 Å². The number of nitrogens with zero attached hydrogens (tertiary/aromatic N) is 1. The Morgan fingerprint density at radius 3 is 2.62 bits per heavy atom. The highest BCUT2D eigenvalue weighted by molar-refractivity contribution is 9.10. The second-order valence-electron chi connectivity index (χ2n) is 6.00. The molecule has 0 spiro atoms. The molecule has 1 amide bonds. The van der Waals surface area contributed by atoms with Gasteiger partial charge in [-0.05, 0) is 54.1 Å². The van der Waals surface area contributed by atoms with Gasteiger partial charge in [-0.1, -0.05) is 39.7 Å². The van der Waals surface area contributed by atoms with E-state index in [-0.39, 0.29) is 17.1 Å².